The lowest BCUT2D eigenvalue weighted by Crippen LogP contribution is -2.41. The van der Waals surface area contributed by atoms with Gasteiger partial charge in [0.05, 0.1) is 11.3 Å². The van der Waals surface area contributed by atoms with Crippen LogP contribution >= 0.6 is 11.3 Å². The minimum atomic E-state index is -3.57. The molecule has 1 atom stereocenters. The van der Waals surface area contributed by atoms with Crippen molar-refractivity contribution in [2.75, 3.05) is 10.8 Å². The van der Waals surface area contributed by atoms with Crippen molar-refractivity contribution in [1.29, 1.82) is 0 Å². The highest BCUT2D eigenvalue weighted by atomic mass is 32.2. The number of aryl methyl sites for hydroxylation is 1. The van der Waals surface area contributed by atoms with E-state index in [1.54, 1.807) is 31.2 Å². The lowest BCUT2D eigenvalue weighted by molar-refractivity contribution is 0.0472. The normalized spacial score (nSPS) is 21.7. The van der Waals surface area contributed by atoms with Gasteiger partial charge in [-0.15, -0.1) is 11.3 Å². The molecular formula is C16H19NO3S2. The van der Waals surface area contributed by atoms with Crippen molar-refractivity contribution in [2.45, 2.75) is 36.5 Å². The maximum Gasteiger partial charge on any atom is 0.273 e. The molecule has 0 saturated carbocycles. The summed E-state index contributed by atoms with van der Waals surface area (Å²) in [6.07, 6.45) is 1.21. The second-order valence-electron chi connectivity index (χ2n) is 5.69. The van der Waals surface area contributed by atoms with Gasteiger partial charge in [-0.25, -0.2) is 8.42 Å². The molecular weight excluding hydrogens is 318 g/mol. The average Bonchev–Trinajstić information content (AvgIpc) is 2.97. The minimum absolute atomic E-state index is 0.283. The van der Waals surface area contributed by atoms with Crippen molar-refractivity contribution >= 4 is 27.0 Å². The summed E-state index contributed by atoms with van der Waals surface area (Å²) in [5.41, 5.74) is 0.245. The third-order valence-corrected chi connectivity index (χ3v) is 7.59. The van der Waals surface area contributed by atoms with Crippen molar-refractivity contribution in [2.24, 2.45) is 0 Å². The fraction of sp³-hybridized carbons (Fsp3) is 0.375. The lowest BCUT2D eigenvalue weighted by Gasteiger charge is -2.38. The largest absolute Gasteiger partial charge is 0.385 e. The molecule has 0 bridgehead atoms. The molecule has 3 rings (SSSR count). The van der Waals surface area contributed by atoms with Gasteiger partial charge in [-0.3, -0.25) is 4.31 Å². The summed E-state index contributed by atoms with van der Waals surface area (Å²) in [7, 11) is -3.57. The number of aliphatic hydroxyl groups is 1. The summed E-state index contributed by atoms with van der Waals surface area (Å²) < 4.78 is 27.7. The molecule has 2 aromatic rings. The van der Waals surface area contributed by atoms with E-state index >= 15 is 0 Å². The molecule has 4 nitrogen and oxygen atoms in total. The van der Waals surface area contributed by atoms with Gasteiger partial charge in [-0.2, -0.15) is 0 Å². The molecule has 1 N–H and O–H groups in total. The fourth-order valence-corrected chi connectivity index (χ4v) is 5.66. The van der Waals surface area contributed by atoms with E-state index in [1.807, 2.05) is 19.1 Å². The van der Waals surface area contributed by atoms with Crippen LogP contribution in [0.2, 0.25) is 0 Å². The molecule has 0 fully saturated rings. The molecule has 0 radical (unpaired) electrons. The zero-order valence-corrected chi connectivity index (χ0v) is 14.2. The number of rotatable bonds is 3. The Hall–Kier alpha value is -1.37. The first-order valence-corrected chi connectivity index (χ1v) is 9.55. The molecule has 0 spiro atoms. The molecule has 118 valence electrons. The van der Waals surface area contributed by atoms with E-state index in [0.29, 0.717) is 21.9 Å². The molecule has 1 aromatic heterocycles. The standard InChI is InChI=1S/C16H19NO3S2/c1-3-12-8-9-15(21-12)22(19,20)17-11-10-16(2,18)13-6-4-5-7-14(13)17/h4-9,18H,3,10-11H2,1-2H3. The number of nitrogens with zero attached hydrogens (tertiary/aromatic N) is 1. The van der Waals surface area contributed by atoms with Crippen LogP contribution in [0.4, 0.5) is 5.69 Å². The van der Waals surface area contributed by atoms with E-state index in [0.717, 1.165) is 11.3 Å². The van der Waals surface area contributed by atoms with Gasteiger partial charge in [0.2, 0.25) is 0 Å². The van der Waals surface area contributed by atoms with Gasteiger partial charge in [-0.1, -0.05) is 25.1 Å². The van der Waals surface area contributed by atoms with Crippen LogP contribution in [0.3, 0.4) is 0 Å². The number of hydrogen-bond donors (Lipinski definition) is 1. The topological polar surface area (TPSA) is 57.6 Å². The van der Waals surface area contributed by atoms with Gasteiger partial charge in [0.15, 0.2) is 0 Å². The predicted molar refractivity (Wildman–Crippen MR) is 88.9 cm³/mol. The van der Waals surface area contributed by atoms with E-state index in [2.05, 4.69) is 0 Å². The number of para-hydroxylation sites is 1. The Kier molecular flexibility index (Phi) is 3.79. The van der Waals surface area contributed by atoms with Crippen LogP contribution in [0.1, 0.15) is 30.7 Å². The Morgan fingerprint density at radius 3 is 2.68 bits per heavy atom. The summed E-state index contributed by atoms with van der Waals surface area (Å²) in [5.74, 6) is 0. The Morgan fingerprint density at radius 2 is 2.00 bits per heavy atom. The Bertz CT molecular complexity index is 793. The fourth-order valence-electron chi connectivity index (χ4n) is 2.77. The summed E-state index contributed by atoms with van der Waals surface area (Å²) in [5, 5.41) is 10.5. The van der Waals surface area contributed by atoms with E-state index in [9.17, 15) is 13.5 Å². The second-order valence-corrected chi connectivity index (χ2v) is 8.95. The predicted octanol–water partition coefficient (Wildman–Crippen LogP) is 3.12. The number of anilines is 1. The molecule has 6 heteroatoms. The van der Waals surface area contributed by atoms with Gasteiger partial charge in [0.25, 0.3) is 10.0 Å². The maximum atomic E-state index is 12.9. The molecule has 22 heavy (non-hydrogen) atoms. The van der Waals surface area contributed by atoms with Crippen molar-refractivity contribution < 1.29 is 13.5 Å². The van der Waals surface area contributed by atoms with Crippen LogP contribution in [-0.4, -0.2) is 20.1 Å². The smallest absolute Gasteiger partial charge is 0.273 e. The van der Waals surface area contributed by atoms with Crippen molar-refractivity contribution in [3.63, 3.8) is 0 Å². The highest BCUT2D eigenvalue weighted by Crippen LogP contribution is 2.41. The molecule has 1 aliphatic rings. The molecule has 0 amide bonds. The Labute approximate surface area is 135 Å². The van der Waals surface area contributed by atoms with Gasteiger partial charge in [0, 0.05) is 17.0 Å². The van der Waals surface area contributed by atoms with E-state index in [4.69, 9.17) is 0 Å². The number of thiophene rings is 1. The van der Waals surface area contributed by atoms with Gasteiger partial charge >= 0.3 is 0 Å². The first kappa shape index (κ1) is 15.5. The summed E-state index contributed by atoms with van der Waals surface area (Å²) in [4.78, 5) is 1.05. The first-order valence-electron chi connectivity index (χ1n) is 7.29. The van der Waals surface area contributed by atoms with Crippen LogP contribution in [-0.2, 0) is 22.0 Å². The molecule has 0 saturated heterocycles. The average molecular weight is 337 g/mol. The zero-order chi connectivity index (χ0) is 16.0. The van der Waals surface area contributed by atoms with Crippen molar-refractivity contribution in [3.05, 3.63) is 46.8 Å². The first-order chi connectivity index (χ1) is 10.4. The summed E-state index contributed by atoms with van der Waals surface area (Å²) in [6.45, 7) is 4.03. The monoisotopic (exact) mass is 337 g/mol. The Balaban J connectivity index is 2.09. The Morgan fingerprint density at radius 1 is 1.27 bits per heavy atom. The molecule has 2 heterocycles. The molecule has 1 aromatic carbocycles. The highest BCUT2D eigenvalue weighted by molar-refractivity contribution is 7.94. The highest BCUT2D eigenvalue weighted by Gasteiger charge is 2.38. The van der Waals surface area contributed by atoms with Crippen molar-refractivity contribution in [1.82, 2.24) is 0 Å². The van der Waals surface area contributed by atoms with E-state index < -0.39 is 15.6 Å². The van der Waals surface area contributed by atoms with Crippen LogP contribution < -0.4 is 4.31 Å². The molecule has 0 aliphatic carbocycles. The maximum absolute atomic E-state index is 12.9. The SMILES string of the molecule is CCc1ccc(S(=O)(=O)N2CCC(C)(O)c3ccccc32)s1. The van der Waals surface area contributed by atoms with E-state index in [-0.39, 0.29) is 6.54 Å². The third-order valence-electron chi connectivity index (χ3n) is 4.08. The van der Waals surface area contributed by atoms with E-state index in [1.165, 1.54) is 15.6 Å². The van der Waals surface area contributed by atoms with Gasteiger partial charge in [0.1, 0.15) is 4.21 Å². The summed E-state index contributed by atoms with van der Waals surface area (Å²) >= 11 is 1.32. The van der Waals surface area contributed by atoms with Gasteiger partial charge < -0.3 is 5.11 Å². The number of fused-ring (bicyclic) bond motifs is 1. The van der Waals surface area contributed by atoms with Crippen LogP contribution in [0.5, 0.6) is 0 Å². The second kappa shape index (κ2) is 5.37. The summed E-state index contributed by atoms with van der Waals surface area (Å²) in [6, 6.07) is 10.7. The number of sulfonamides is 1. The third kappa shape index (κ3) is 2.45. The number of benzene rings is 1. The van der Waals surface area contributed by atoms with Crippen LogP contribution in [0, 0.1) is 0 Å². The quantitative estimate of drug-likeness (QED) is 0.936. The zero-order valence-electron chi connectivity index (χ0n) is 12.6. The number of hydrogen-bond acceptors (Lipinski definition) is 4. The molecule has 1 unspecified atom stereocenters. The lowest BCUT2D eigenvalue weighted by atomic mass is 9.88. The molecule has 1 aliphatic heterocycles. The van der Waals surface area contributed by atoms with Crippen molar-refractivity contribution in [3.8, 4) is 0 Å². The van der Waals surface area contributed by atoms with Gasteiger partial charge in [-0.05, 0) is 38.0 Å². The minimum Gasteiger partial charge on any atom is -0.385 e. The van der Waals surface area contributed by atoms with Crippen LogP contribution in [0.15, 0.2) is 40.6 Å². The van der Waals surface area contributed by atoms with Crippen LogP contribution in [0.25, 0.3) is 0 Å².